The van der Waals surface area contributed by atoms with Crippen molar-refractivity contribution < 1.29 is 4.74 Å². The Balaban J connectivity index is 1.43. The molecule has 2 unspecified atom stereocenters. The molecule has 0 N–H and O–H groups in total. The minimum Gasteiger partial charge on any atom is -0.371 e. The number of hydrogen-bond acceptors (Lipinski definition) is 4. The van der Waals surface area contributed by atoms with Crippen LogP contribution in [-0.4, -0.2) is 44.7 Å². The molecule has 0 radical (unpaired) electrons. The van der Waals surface area contributed by atoms with Gasteiger partial charge in [0, 0.05) is 44.3 Å². The number of hydrogen-bond donors (Lipinski definition) is 0. The van der Waals surface area contributed by atoms with Gasteiger partial charge in [0.2, 0.25) is 0 Å². The molecule has 0 bridgehead atoms. The normalized spacial score (nSPS) is 29.2. The third kappa shape index (κ3) is 2.78. The van der Waals surface area contributed by atoms with Crippen LogP contribution in [0.2, 0.25) is 0 Å². The third-order valence-corrected chi connectivity index (χ3v) is 4.88. The van der Waals surface area contributed by atoms with Crippen molar-refractivity contribution in [3.8, 4) is 0 Å². The molecule has 2 aromatic heterocycles. The molecule has 0 aromatic carbocycles. The predicted molar refractivity (Wildman–Crippen MR) is 83.3 cm³/mol. The molecule has 4 rings (SSSR count). The van der Waals surface area contributed by atoms with Crippen molar-refractivity contribution in [3.63, 3.8) is 0 Å². The lowest BCUT2D eigenvalue weighted by Gasteiger charge is -2.39. The number of ether oxygens (including phenoxy) is 1. The van der Waals surface area contributed by atoms with Crippen LogP contribution in [0.4, 0.5) is 0 Å². The zero-order valence-corrected chi connectivity index (χ0v) is 12.8. The van der Waals surface area contributed by atoms with E-state index in [0.29, 0.717) is 6.04 Å². The maximum absolute atomic E-state index is 6.28. The van der Waals surface area contributed by atoms with Crippen LogP contribution < -0.4 is 0 Å². The standard InChI is InChI=1S/C17H22N4O/c1-3-15(10-18-5-1)11-20-7-2-4-17(13-20)9-16(12-22-17)21-8-6-19-14-21/h1,3,5-6,8,10,14,16H,2,4,7,9,11-13H2. The molecule has 2 atom stereocenters. The Labute approximate surface area is 130 Å². The Hall–Kier alpha value is -1.72. The first-order valence-corrected chi connectivity index (χ1v) is 8.06. The van der Waals surface area contributed by atoms with Crippen LogP contribution in [0.5, 0.6) is 0 Å². The number of imidazole rings is 1. The van der Waals surface area contributed by atoms with Crippen molar-refractivity contribution in [1.29, 1.82) is 0 Å². The fourth-order valence-corrected chi connectivity index (χ4v) is 3.86. The van der Waals surface area contributed by atoms with Crippen LogP contribution in [0.25, 0.3) is 0 Å². The summed E-state index contributed by atoms with van der Waals surface area (Å²) in [6.45, 7) is 3.94. The zero-order chi connectivity index (χ0) is 14.8. The smallest absolute Gasteiger partial charge is 0.0949 e. The number of likely N-dealkylation sites (tertiary alicyclic amines) is 1. The number of piperidine rings is 1. The van der Waals surface area contributed by atoms with Crippen molar-refractivity contribution in [2.75, 3.05) is 19.7 Å². The van der Waals surface area contributed by atoms with Gasteiger partial charge in [-0.25, -0.2) is 4.98 Å². The Morgan fingerprint density at radius 1 is 1.32 bits per heavy atom. The maximum Gasteiger partial charge on any atom is 0.0949 e. The lowest BCUT2D eigenvalue weighted by Crippen LogP contribution is -2.47. The van der Waals surface area contributed by atoms with E-state index >= 15 is 0 Å². The van der Waals surface area contributed by atoms with Gasteiger partial charge in [-0.3, -0.25) is 9.88 Å². The highest BCUT2D eigenvalue weighted by atomic mass is 16.5. The minimum atomic E-state index is 0.0232. The maximum atomic E-state index is 6.28. The number of aromatic nitrogens is 3. The van der Waals surface area contributed by atoms with Crippen LogP contribution in [-0.2, 0) is 11.3 Å². The first kappa shape index (κ1) is 13.9. The van der Waals surface area contributed by atoms with Crippen LogP contribution in [0.3, 0.4) is 0 Å². The van der Waals surface area contributed by atoms with Gasteiger partial charge in [-0.1, -0.05) is 6.07 Å². The van der Waals surface area contributed by atoms with Crippen LogP contribution >= 0.6 is 0 Å². The Kier molecular flexibility index (Phi) is 3.68. The van der Waals surface area contributed by atoms with E-state index < -0.39 is 0 Å². The second kappa shape index (κ2) is 5.82. The third-order valence-electron chi connectivity index (χ3n) is 4.88. The van der Waals surface area contributed by atoms with Crippen molar-refractivity contribution in [3.05, 3.63) is 48.8 Å². The molecule has 2 aliphatic heterocycles. The van der Waals surface area contributed by atoms with Gasteiger partial charge in [0.1, 0.15) is 0 Å². The summed E-state index contributed by atoms with van der Waals surface area (Å²) in [6, 6.07) is 4.59. The van der Waals surface area contributed by atoms with Crippen molar-refractivity contribution in [2.45, 2.75) is 37.5 Å². The number of pyridine rings is 1. The molecule has 0 aliphatic carbocycles. The molecule has 2 aromatic rings. The van der Waals surface area contributed by atoms with Gasteiger partial charge in [0.25, 0.3) is 0 Å². The molecule has 116 valence electrons. The molecule has 5 heteroatoms. The van der Waals surface area contributed by atoms with Gasteiger partial charge in [0.15, 0.2) is 0 Å². The number of nitrogens with zero attached hydrogens (tertiary/aromatic N) is 4. The molecular formula is C17H22N4O. The van der Waals surface area contributed by atoms with Gasteiger partial charge >= 0.3 is 0 Å². The Bertz CT molecular complexity index is 600. The monoisotopic (exact) mass is 298 g/mol. The van der Waals surface area contributed by atoms with E-state index in [2.05, 4.69) is 25.5 Å². The summed E-state index contributed by atoms with van der Waals surface area (Å²) in [7, 11) is 0. The summed E-state index contributed by atoms with van der Waals surface area (Å²) in [5.41, 5.74) is 1.30. The lowest BCUT2D eigenvalue weighted by atomic mass is 9.88. The van der Waals surface area contributed by atoms with E-state index in [1.165, 1.54) is 18.4 Å². The van der Waals surface area contributed by atoms with Crippen LogP contribution in [0.15, 0.2) is 43.2 Å². The van der Waals surface area contributed by atoms with E-state index in [0.717, 1.165) is 32.7 Å². The van der Waals surface area contributed by atoms with Crippen LogP contribution in [0.1, 0.15) is 30.9 Å². The summed E-state index contributed by atoms with van der Waals surface area (Å²) in [5.74, 6) is 0. The quantitative estimate of drug-likeness (QED) is 0.872. The molecule has 2 aliphatic rings. The second-order valence-electron chi connectivity index (χ2n) is 6.54. The Morgan fingerprint density at radius 3 is 3.14 bits per heavy atom. The summed E-state index contributed by atoms with van der Waals surface area (Å²) in [5, 5.41) is 0. The van der Waals surface area contributed by atoms with E-state index in [1.807, 2.05) is 37.2 Å². The summed E-state index contributed by atoms with van der Waals surface area (Å²) < 4.78 is 8.47. The first-order valence-electron chi connectivity index (χ1n) is 8.06. The predicted octanol–water partition coefficient (Wildman–Crippen LogP) is 2.27. The van der Waals surface area contributed by atoms with Gasteiger partial charge in [0.05, 0.1) is 24.6 Å². The van der Waals surface area contributed by atoms with Crippen molar-refractivity contribution >= 4 is 0 Å². The largest absolute Gasteiger partial charge is 0.371 e. The van der Waals surface area contributed by atoms with Crippen molar-refractivity contribution in [2.24, 2.45) is 0 Å². The SMILES string of the molecule is c1cncc(CN2CCCC3(CC(n4ccnc4)CO3)C2)c1. The molecule has 0 amide bonds. The molecule has 1 spiro atoms. The first-order chi connectivity index (χ1) is 10.8. The fourth-order valence-electron chi connectivity index (χ4n) is 3.86. The van der Waals surface area contributed by atoms with E-state index in [4.69, 9.17) is 4.74 Å². The van der Waals surface area contributed by atoms with Crippen LogP contribution in [0, 0.1) is 0 Å². The highest BCUT2D eigenvalue weighted by Crippen LogP contribution is 2.39. The summed E-state index contributed by atoms with van der Waals surface area (Å²) >= 11 is 0. The van der Waals surface area contributed by atoms with E-state index in [-0.39, 0.29) is 5.60 Å². The highest BCUT2D eigenvalue weighted by molar-refractivity contribution is 5.09. The van der Waals surface area contributed by atoms with Gasteiger partial charge in [-0.2, -0.15) is 0 Å². The molecule has 0 saturated carbocycles. The van der Waals surface area contributed by atoms with Gasteiger partial charge in [-0.05, 0) is 31.0 Å². The second-order valence-corrected chi connectivity index (χ2v) is 6.54. The molecule has 2 saturated heterocycles. The fraction of sp³-hybridized carbons (Fsp3) is 0.529. The Morgan fingerprint density at radius 2 is 2.32 bits per heavy atom. The lowest BCUT2D eigenvalue weighted by molar-refractivity contribution is -0.0535. The molecule has 2 fully saturated rings. The average molecular weight is 298 g/mol. The topological polar surface area (TPSA) is 43.2 Å². The molecule has 22 heavy (non-hydrogen) atoms. The zero-order valence-electron chi connectivity index (χ0n) is 12.8. The van der Waals surface area contributed by atoms with Crippen molar-refractivity contribution in [1.82, 2.24) is 19.4 Å². The molecule has 5 nitrogen and oxygen atoms in total. The van der Waals surface area contributed by atoms with Gasteiger partial charge < -0.3 is 9.30 Å². The summed E-state index contributed by atoms with van der Waals surface area (Å²) in [4.78, 5) is 10.9. The van der Waals surface area contributed by atoms with E-state index in [9.17, 15) is 0 Å². The molecular weight excluding hydrogens is 276 g/mol. The van der Waals surface area contributed by atoms with E-state index in [1.54, 1.807) is 0 Å². The average Bonchev–Trinajstić information content (AvgIpc) is 3.19. The minimum absolute atomic E-state index is 0.0232. The molecule has 4 heterocycles. The number of rotatable bonds is 3. The van der Waals surface area contributed by atoms with Gasteiger partial charge in [-0.15, -0.1) is 0 Å². The highest BCUT2D eigenvalue weighted by Gasteiger charge is 2.43. The summed E-state index contributed by atoms with van der Waals surface area (Å²) in [6.07, 6.45) is 13.1.